The summed E-state index contributed by atoms with van der Waals surface area (Å²) in [7, 11) is 3.17. The van der Waals surface area contributed by atoms with E-state index in [4.69, 9.17) is 9.47 Å². The maximum atomic E-state index is 12.1. The number of fused-ring (bicyclic) bond motifs is 1. The maximum Gasteiger partial charge on any atom is 0.189 e. The van der Waals surface area contributed by atoms with Crippen LogP contribution in [0, 0.1) is 0 Å². The van der Waals surface area contributed by atoms with Gasteiger partial charge in [-0.3, -0.25) is 4.79 Å². The number of benzene rings is 1. The highest BCUT2D eigenvalue weighted by Crippen LogP contribution is 2.39. The van der Waals surface area contributed by atoms with Gasteiger partial charge >= 0.3 is 0 Å². The molecule has 1 aromatic heterocycles. The van der Waals surface area contributed by atoms with Gasteiger partial charge in [0.1, 0.15) is 11.5 Å². The van der Waals surface area contributed by atoms with Gasteiger partial charge in [0.05, 0.1) is 25.1 Å². The van der Waals surface area contributed by atoms with Gasteiger partial charge < -0.3 is 14.5 Å². The van der Waals surface area contributed by atoms with E-state index in [1.165, 1.54) is 0 Å². The van der Waals surface area contributed by atoms with Crippen molar-refractivity contribution < 1.29 is 9.47 Å². The lowest BCUT2D eigenvalue weighted by Gasteiger charge is -2.10. The standard InChI is InChI=1S/C14H15NO3/c1-17-9-5-10-12(16)7-11(8-3-4-8)15-14(10)13(6-9)18-2/h5-8H,3-4H2,1-2H3,(H,15,16). The lowest BCUT2D eigenvalue weighted by atomic mass is 10.1. The molecular formula is C14H15NO3. The van der Waals surface area contributed by atoms with Gasteiger partial charge in [0.2, 0.25) is 0 Å². The fourth-order valence-corrected chi connectivity index (χ4v) is 2.21. The Morgan fingerprint density at radius 2 is 1.94 bits per heavy atom. The van der Waals surface area contributed by atoms with Gasteiger partial charge in [-0.15, -0.1) is 0 Å². The van der Waals surface area contributed by atoms with Crippen molar-refractivity contribution in [3.8, 4) is 11.5 Å². The first-order valence-corrected chi connectivity index (χ1v) is 6.02. The van der Waals surface area contributed by atoms with Crippen LogP contribution in [0.25, 0.3) is 10.9 Å². The summed E-state index contributed by atoms with van der Waals surface area (Å²) in [6, 6.07) is 5.22. The van der Waals surface area contributed by atoms with Crippen LogP contribution in [0.4, 0.5) is 0 Å². The monoisotopic (exact) mass is 245 g/mol. The topological polar surface area (TPSA) is 51.3 Å². The number of methoxy groups -OCH3 is 2. The lowest BCUT2D eigenvalue weighted by molar-refractivity contribution is 0.397. The lowest BCUT2D eigenvalue weighted by Crippen LogP contribution is -2.06. The molecule has 0 radical (unpaired) electrons. The minimum Gasteiger partial charge on any atom is -0.497 e. The molecule has 0 amide bonds. The van der Waals surface area contributed by atoms with Crippen LogP contribution < -0.4 is 14.9 Å². The zero-order chi connectivity index (χ0) is 12.7. The van der Waals surface area contributed by atoms with E-state index in [2.05, 4.69) is 4.98 Å². The van der Waals surface area contributed by atoms with Crippen LogP contribution in [0.1, 0.15) is 24.5 Å². The van der Waals surface area contributed by atoms with Crippen LogP contribution in [0.15, 0.2) is 23.0 Å². The minimum atomic E-state index is 0.0165. The molecule has 1 heterocycles. The van der Waals surface area contributed by atoms with Crippen LogP contribution in [-0.4, -0.2) is 19.2 Å². The molecule has 1 N–H and O–H groups in total. The Bertz CT molecular complexity index is 656. The molecule has 18 heavy (non-hydrogen) atoms. The zero-order valence-corrected chi connectivity index (χ0v) is 10.4. The Labute approximate surface area is 105 Å². The molecule has 1 aliphatic carbocycles. The summed E-state index contributed by atoms with van der Waals surface area (Å²) < 4.78 is 10.5. The molecule has 0 bridgehead atoms. The van der Waals surface area contributed by atoms with Crippen molar-refractivity contribution in [1.29, 1.82) is 0 Å². The van der Waals surface area contributed by atoms with E-state index in [1.807, 2.05) is 0 Å². The van der Waals surface area contributed by atoms with Crippen LogP contribution in [0.3, 0.4) is 0 Å². The van der Waals surface area contributed by atoms with Crippen molar-refractivity contribution in [2.45, 2.75) is 18.8 Å². The van der Waals surface area contributed by atoms with Gasteiger partial charge in [-0.1, -0.05) is 0 Å². The summed E-state index contributed by atoms with van der Waals surface area (Å²) in [6.45, 7) is 0. The number of hydrogen-bond donors (Lipinski definition) is 1. The third-order valence-corrected chi connectivity index (χ3v) is 3.37. The largest absolute Gasteiger partial charge is 0.497 e. The van der Waals surface area contributed by atoms with Crippen LogP contribution in [0.5, 0.6) is 11.5 Å². The van der Waals surface area contributed by atoms with E-state index in [9.17, 15) is 4.79 Å². The molecule has 4 heteroatoms. The average molecular weight is 245 g/mol. The summed E-state index contributed by atoms with van der Waals surface area (Å²) in [6.07, 6.45) is 2.31. The second kappa shape index (κ2) is 4.05. The van der Waals surface area contributed by atoms with Gasteiger partial charge in [-0.2, -0.15) is 0 Å². The SMILES string of the molecule is COc1cc(OC)c2[nH]c(C3CC3)cc(=O)c2c1. The van der Waals surface area contributed by atoms with Crippen molar-refractivity contribution in [1.82, 2.24) is 4.98 Å². The number of ether oxygens (including phenoxy) is 2. The number of hydrogen-bond acceptors (Lipinski definition) is 3. The van der Waals surface area contributed by atoms with Crippen molar-refractivity contribution >= 4 is 10.9 Å². The number of nitrogens with one attached hydrogen (secondary N) is 1. The Morgan fingerprint density at radius 3 is 2.56 bits per heavy atom. The molecule has 4 nitrogen and oxygen atoms in total. The third kappa shape index (κ3) is 1.74. The van der Waals surface area contributed by atoms with Gasteiger partial charge in [-0.25, -0.2) is 0 Å². The predicted octanol–water partition coefficient (Wildman–Crippen LogP) is 2.42. The summed E-state index contributed by atoms with van der Waals surface area (Å²) >= 11 is 0. The number of pyridine rings is 1. The summed E-state index contributed by atoms with van der Waals surface area (Å²) in [4.78, 5) is 15.5. The van der Waals surface area contributed by atoms with E-state index in [0.29, 0.717) is 22.8 Å². The normalized spacial score (nSPS) is 14.8. The Balaban J connectivity index is 2.31. The molecule has 1 saturated carbocycles. The average Bonchev–Trinajstić information content (AvgIpc) is 3.22. The number of aromatic nitrogens is 1. The quantitative estimate of drug-likeness (QED) is 0.903. The van der Waals surface area contributed by atoms with Crippen LogP contribution in [-0.2, 0) is 0 Å². The maximum absolute atomic E-state index is 12.1. The van der Waals surface area contributed by atoms with E-state index in [-0.39, 0.29) is 5.43 Å². The zero-order valence-electron chi connectivity index (χ0n) is 10.4. The second-order valence-electron chi connectivity index (χ2n) is 4.62. The van der Waals surface area contributed by atoms with Gasteiger partial charge in [-0.05, 0) is 24.8 Å². The molecule has 0 atom stereocenters. The molecule has 0 spiro atoms. The molecule has 0 saturated heterocycles. The Hall–Kier alpha value is -1.97. The fraction of sp³-hybridized carbons (Fsp3) is 0.357. The molecule has 1 aliphatic rings. The molecule has 1 fully saturated rings. The van der Waals surface area contributed by atoms with Crippen molar-refractivity contribution in [3.63, 3.8) is 0 Å². The van der Waals surface area contributed by atoms with E-state index < -0.39 is 0 Å². The highest BCUT2D eigenvalue weighted by Gasteiger charge is 2.25. The van der Waals surface area contributed by atoms with E-state index in [1.54, 1.807) is 32.4 Å². The molecular weight excluding hydrogens is 230 g/mol. The number of H-pyrrole nitrogens is 1. The molecule has 3 rings (SSSR count). The number of aromatic amines is 1. The fourth-order valence-electron chi connectivity index (χ4n) is 2.21. The van der Waals surface area contributed by atoms with Crippen molar-refractivity contribution in [3.05, 3.63) is 34.1 Å². The molecule has 94 valence electrons. The smallest absolute Gasteiger partial charge is 0.189 e. The van der Waals surface area contributed by atoms with Crippen molar-refractivity contribution in [2.24, 2.45) is 0 Å². The molecule has 0 aliphatic heterocycles. The summed E-state index contributed by atoms with van der Waals surface area (Å²) in [5.41, 5.74) is 1.78. The Morgan fingerprint density at radius 1 is 1.17 bits per heavy atom. The second-order valence-corrected chi connectivity index (χ2v) is 4.62. The first-order valence-electron chi connectivity index (χ1n) is 6.02. The van der Waals surface area contributed by atoms with Gasteiger partial charge in [0, 0.05) is 17.8 Å². The summed E-state index contributed by atoms with van der Waals surface area (Å²) in [5.74, 6) is 1.78. The number of rotatable bonds is 3. The first kappa shape index (κ1) is 11.1. The minimum absolute atomic E-state index is 0.0165. The van der Waals surface area contributed by atoms with E-state index >= 15 is 0 Å². The molecule has 2 aromatic rings. The van der Waals surface area contributed by atoms with Crippen molar-refractivity contribution in [2.75, 3.05) is 14.2 Å². The third-order valence-electron chi connectivity index (χ3n) is 3.37. The van der Waals surface area contributed by atoms with Gasteiger partial charge in [0.25, 0.3) is 0 Å². The van der Waals surface area contributed by atoms with Crippen LogP contribution in [0.2, 0.25) is 0 Å². The summed E-state index contributed by atoms with van der Waals surface area (Å²) in [5, 5.41) is 0.607. The van der Waals surface area contributed by atoms with E-state index in [0.717, 1.165) is 24.1 Å². The molecule has 1 aromatic carbocycles. The molecule has 0 unspecified atom stereocenters. The van der Waals surface area contributed by atoms with Gasteiger partial charge in [0.15, 0.2) is 5.43 Å². The highest BCUT2D eigenvalue weighted by molar-refractivity contribution is 5.86. The predicted molar refractivity (Wildman–Crippen MR) is 69.6 cm³/mol. The first-order chi connectivity index (χ1) is 8.72. The highest BCUT2D eigenvalue weighted by atomic mass is 16.5. The van der Waals surface area contributed by atoms with Crippen LogP contribution >= 0.6 is 0 Å². The Kier molecular flexibility index (Phi) is 2.51.